The first kappa shape index (κ1) is 10.4. The van der Waals surface area contributed by atoms with E-state index in [1.54, 1.807) is 25.3 Å². The van der Waals surface area contributed by atoms with Crippen molar-refractivity contribution in [1.82, 2.24) is 4.98 Å². The molecule has 0 aliphatic rings. The largest absolute Gasteiger partial charge is 0.497 e. The SMILES string of the molecule is COC(=O)c1ccc2cc(OC)ccc2n1. The van der Waals surface area contributed by atoms with E-state index in [0.29, 0.717) is 5.69 Å². The molecule has 4 heteroatoms. The number of hydrogen-bond donors (Lipinski definition) is 0. The van der Waals surface area contributed by atoms with Gasteiger partial charge in [-0.15, -0.1) is 0 Å². The first-order valence-electron chi connectivity index (χ1n) is 4.77. The van der Waals surface area contributed by atoms with Gasteiger partial charge in [0.2, 0.25) is 0 Å². The van der Waals surface area contributed by atoms with Crippen LogP contribution >= 0.6 is 0 Å². The van der Waals surface area contributed by atoms with Crippen LogP contribution in [0.3, 0.4) is 0 Å². The van der Waals surface area contributed by atoms with Crippen molar-refractivity contribution in [1.29, 1.82) is 0 Å². The third-order valence-electron chi connectivity index (χ3n) is 2.29. The van der Waals surface area contributed by atoms with Gasteiger partial charge in [0.05, 0.1) is 19.7 Å². The molecule has 1 aromatic heterocycles. The van der Waals surface area contributed by atoms with Gasteiger partial charge >= 0.3 is 5.97 Å². The maximum Gasteiger partial charge on any atom is 0.356 e. The van der Waals surface area contributed by atoms with Crippen molar-refractivity contribution in [3.63, 3.8) is 0 Å². The third-order valence-corrected chi connectivity index (χ3v) is 2.29. The highest BCUT2D eigenvalue weighted by Gasteiger charge is 2.07. The van der Waals surface area contributed by atoms with Crippen LogP contribution in [-0.2, 0) is 4.74 Å². The highest BCUT2D eigenvalue weighted by Crippen LogP contribution is 2.19. The van der Waals surface area contributed by atoms with Gasteiger partial charge in [-0.05, 0) is 24.3 Å². The van der Waals surface area contributed by atoms with Crippen molar-refractivity contribution in [2.24, 2.45) is 0 Å². The van der Waals surface area contributed by atoms with E-state index in [-0.39, 0.29) is 0 Å². The highest BCUT2D eigenvalue weighted by molar-refractivity contribution is 5.91. The summed E-state index contributed by atoms with van der Waals surface area (Å²) < 4.78 is 9.71. The molecule has 82 valence electrons. The number of rotatable bonds is 2. The fourth-order valence-corrected chi connectivity index (χ4v) is 1.45. The summed E-state index contributed by atoms with van der Waals surface area (Å²) in [5.74, 6) is 0.331. The van der Waals surface area contributed by atoms with Gasteiger partial charge in [0.1, 0.15) is 11.4 Å². The number of ether oxygens (including phenoxy) is 2. The molecule has 1 heterocycles. The van der Waals surface area contributed by atoms with Gasteiger partial charge < -0.3 is 9.47 Å². The van der Waals surface area contributed by atoms with Gasteiger partial charge in [-0.2, -0.15) is 0 Å². The molecule has 0 saturated carbocycles. The van der Waals surface area contributed by atoms with E-state index in [4.69, 9.17) is 4.74 Å². The van der Waals surface area contributed by atoms with E-state index in [1.165, 1.54) is 7.11 Å². The summed E-state index contributed by atoms with van der Waals surface area (Å²) in [6.45, 7) is 0. The normalized spacial score (nSPS) is 10.1. The molecule has 0 saturated heterocycles. The second kappa shape index (κ2) is 4.18. The van der Waals surface area contributed by atoms with Crippen molar-refractivity contribution < 1.29 is 14.3 Å². The fraction of sp³-hybridized carbons (Fsp3) is 0.167. The van der Waals surface area contributed by atoms with Gasteiger partial charge in [0.15, 0.2) is 0 Å². The molecule has 0 aliphatic heterocycles. The number of nitrogens with zero attached hydrogens (tertiary/aromatic N) is 1. The number of benzene rings is 1. The standard InChI is InChI=1S/C12H11NO3/c1-15-9-4-6-10-8(7-9)3-5-11(13-10)12(14)16-2/h3-7H,1-2H3. The summed E-state index contributed by atoms with van der Waals surface area (Å²) in [6, 6.07) is 8.92. The molecule has 0 unspecified atom stereocenters. The van der Waals surface area contributed by atoms with Gasteiger partial charge in [-0.3, -0.25) is 0 Å². The Bertz CT molecular complexity index is 537. The predicted molar refractivity (Wildman–Crippen MR) is 59.6 cm³/mol. The van der Waals surface area contributed by atoms with Crippen LogP contribution in [0.25, 0.3) is 10.9 Å². The zero-order valence-electron chi connectivity index (χ0n) is 9.06. The lowest BCUT2D eigenvalue weighted by Gasteiger charge is -2.03. The van der Waals surface area contributed by atoms with Gasteiger partial charge in [-0.25, -0.2) is 9.78 Å². The average molecular weight is 217 g/mol. The molecule has 0 amide bonds. The van der Waals surface area contributed by atoms with Crippen LogP contribution in [0.4, 0.5) is 0 Å². The van der Waals surface area contributed by atoms with E-state index in [9.17, 15) is 4.79 Å². The molecule has 2 rings (SSSR count). The molecule has 0 radical (unpaired) electrons. The second-order valence-electron chi connectivity index (χ2n) is 3.25. The van der Waals surface area contributed by atoms with Crippen LogP contribution in [0.15, 0.2) is 30.3 Å². The lowest BCUT2D eigenvalue weighted by Crippen LogP contribution is -2.03. The Morgan fingerprint density at radius 1 is 1.19 bits per heavy atom. The summed E-state index contributed by atoms with van der Waals surface area (Å²) in [7, 11) is 2.94. The molecule has 1 aromatic carbocycles. The monoisotopic (exact) mass is 217 g/mol. The highest BCUT2D eigenvalue weighted by atomic mass is 16.5. The van der Waals surface area contributed by atoms with Crippen molar-refractivity contribution >= 4 is 16.9 Å². The third kappa shape index (κ3) is 1.82. The molecule has 0 bridgehead atoms. The Hall–Kier alpha value is -2.10. The van der Waals surface area contributed by atoms with Crippen molar-refractivity contribution in [3.05, 3.63) is 36.0 Å². The minimum absolute atomic E-state index is 0.306. The summed E-state index contributed by atoms with van der Waals surface area (Å²) >= 11 is 0. The smallest absolute Gasteiger partial charge is 0.356 e. The molecule has 4 nitrogen and oxygen atoms in total. The number of methoxy groups -OCH3 is 2. The average Bonchev–Trinajstić information content (AvgIpc) is 2.36. The van der Waals surface area contributed by atoms with E-state index in [2.05, 4.69) is 9.72 Å². The Balaban J connectivity index is 2.51. The molecular weight excluding hydrogens is 206 g/mol. The van der Waals surface area contributed by atoms with Gasteiger partial charge in [0.25, 0.3) is 0 Å². The zero-order chi connectivity index (χ0) is 11.5. The second-order valence-corrected chi connectivity index (χ2v) is 3.25. The van der Waals surface area contributed by atoms with E-state index in [1.807, 2.05) is 12.1 Å². The van der Waals surface area contributed by atoms with Gasteiger partial charge in [0, 0.05) is 5.39 Å². The molecule has 2 aromatic rings. The Kier molecular flexibility index (Phi) is 2.72. The number of carbonyl (C=O) groups excluding carboxylic acids is 1. The Labute approximate surface area is 92.8 Å². The van der Waals surface area contributed by atoms with Crippen LogP contribution in [0.5, 0.6) is 5.75 Å². The molecule has 0 spiro atoms. The van der Waals surface area contributed by atoms with Crippen LogP contribution in [0.2, 0.25) is 0 Å². The van der Waals surface area contributed by atoms with Crippen LogP contribution in [0.1, 0.15) is 10.5 Å². The minimum atomic E-state index is -0.433. The summed E-state index contributed by atoms with van der Waals surface area (Å²) in [4.78, 5) is 15.5. The van der Waals surface area contributed by atoms with E-state index >= 15 is 0 Å². The lowest BCUT2D eigenvalue weighted by atomic mass is 10.2. The fourth-order valence-electron chi connectivity index (χ4n) is 1.45. The minimum Gasteiger partial charge on any atom is -0.497 e. The number of aromatic nitrogens is 1. The number of esters is 1. The van der Waals surface area contributed by atoms with Crippen molar-refractivity contribution in [2.45, 2.75) is 0 Å². The number of fused-ring (bicyclic) bond motifs is 1. The molecule has 0 aliphatic carbocycles. The number of pyridine rings is 1. The Morgan fingerprint density at radius 2 is 2.00 bits per heavy atom. The molecule has 0 fully saturated rings. The maximum absolute atomic E-state index is 11.3. The van der Waals surface area contributed by atoms with Crippen LogP contribution < -0.4 is 4.74 Å². The first-order valence-corrected chi connectivity index (χ1v) is 4.77. The van der Waals surface area contributed by atoms with Crippen molar-refractivity contribution in [3.8, 4) is 5.75 Å². The summed E-state index contributed by atoms with van der Waals surface area (Å²) in [5, 5.41) is 0.923. The zero-order valence-corrected chi connectivity index (χ0v) is 9.06. The Morgan fingerprint density at radius 3 is 2.69 bits per heavy atom. The molecular formula is C12H11NO3. The quantitative estimate of drug-likeness (QED) is 0.722. The van der Waals surface area contributed by atoms with Crippen LogP contribution in [0, 0.1) is 0 Å². The van der Waals surface area contributed by atoms with E-state index < -0.39 is 5.97 Å². The van der Waals surface area contributed by atoms with E-state index in [0.717, 1.165) is 16.7 Å². The molecule has 0 atom stereocenters. The summed E-state index contributed by atoms with van der Waals surface area (Å²) in [5.41, 5.74) is 1.05. The number of carbonyl (C=O) groups is 1. The first-order chi connectivity index (χ1) is 7.74. The van der Waals surface area contributed by atoms with Crippen LogP contribution in [-0.4, -0.2) is 25.2 Å². The molecule has 16 heavy (non-hydrogen) atoms. The maximum atomic E-state index is 11.3. The predicted octanol–water partition coefficient (Wildman–Crippen LogP) is 2.03. The summed E-state index contributed by atoms with van der Waals surface area (Å²) in [6.07, 6.45) is 0. The van der Waals surface area contributed by atoms with Crippen molar-refractivity contribution in [2.75, 3.05) is 14.2 Å². The van der Waals surface area contributed by atoms with Gasteiger partial charge in [-0.1, -0.05) is 6.07 Å². The number of hydrogen-bond acceptors (Lipinski definition) is 4. The molecule has 0 N–H and O–H groups in total. The topological polar surface area (TPSA) is 48.4 Å². The lowest BCUT2D eigenvalue weighted by molar-refractivity contribution is 0.0594.